The summed E-state index contributed by atoms with van der Waals surface area (Å²) in [5, 5.41) is 62.0. The summed E-state index contributed by atoms with van der Waals surface area (Å²) in [7, 11) is 5.11. The van der Waals surface area contributed by atoms with Crippen molar-refractivity contribution in [1.82, 2.24) is 88.1 Å². The van der Waals surface area contributed by atoms with Crippen LogP contribution in [-0.2, 0) is 134 Å². The van der Waals surface area contributed by atoms with Gasteiger partial charge >= 0.3 is 5.97 Å². The van der Waals surface area contributed by atoms with Crippen LogP contribution in [0.4, 0.5) is 17.1 Å². The lowest BCUT2D eigenvalue weighted by Gasteiger charge is -2.32. The number of fused-ring (bicyclic) bond motifs is 14. The van der Waals surface area contributed by atoms with Crippen LogP contribution in [0.1, 0.15) is 118 Å². The zero-order valence-corrected chi connectivity index (χ0v) is 81.6. The Labute approximate surface area is 821 Å². The van der Waals surface area contributed by atoms with Gasteiger partial charge in [0.1, 0.15) is 66.5 Å². The average Bonchev–Trinajstić information content (AvgIpc) is 1.74. The summed E-state index contributed by atoms with van der Waals surface area (Å²) in [6.07, 6.45) is 0.125. The van der Waals surface area contributed by atoms with Crippen LogP contribution in [0.15, 0.2) is 116 Å². The molecule has 0 spiro atoms. The van der Waals surface area contributed by atoms with Gasteiger partial charge in [-0.3, -0.25) is 81.5 Å². The molecule has 7 heterocycles. The Hall–Kier alpha value is -13.5. The van der Waals surface area contributed by atoms with Crippen LogP contribution in [-0.4, -0.2) is 288 Å². The number of hydrogen-bond donors (Lipinski definition) is 20. The fourth-order valence-corrected chi connectivity index (χ4v) is 20.4. The Morgan fingerprint density at radius 3 is 1.41 bits per heavy atom. The third kappa shape index (κ3) is 28.2. The van der Waals surface area contributed by atoms with Crippen molar-refractivity contribution < 1.29 is 91.7 Å². The molecule has 7 aromatic rings. The van der Waals surface area contributed by atoms with Crippen LogP contribution in [0.25, 0.3) is 21.8 Å². The molecule has 44 heteroatoms. The van der Waals surface area contributed by atoms with Crippen molar-refractivity contribution in [2.75, 3.05) is 84.7 Å². The van der Waals surface area contributed by atoms with Crippen molar-refractivity contribution in [3.63, 3.8) is 0 Å². The second kappa shape index (κ2) is 48.9. The molecule has 2 fully saturated rings. The lowest BCUT2D eigenvalue weighted by Crippen LogP contribution is -2.63. The van der Waals surface area contributed by atoms with E-state index >= 15 is 38.4 Å². The largest absolute Gasteiger partial charge is 0.481 e. The molecule has 750 valence electrons. The smallest absolute Gasteiger partial charge is 0.305 e. The van der Waals surface area contributed by atoms with Gasteiger partial charge in [-0.1, -0.05) is 82.3 Å². The first-order valence-electron chi connectivity index (χ1n) is 46.5. The standard InChI is InChI=1S/C96H124N22O19S3/c1-50(2)82-94(135)108-71(34-81(124)125)87(128)104-37-77(120)105-69(32-59-35-102-66-17-11-9-15-64(59)66)89(130)113-83(51(3)4)96(137)118-22-14-20-75(118)93(134)109-72(85(98)126)44-138-47-78(121)115-38-53-23-55(28-61(26-53)99-6)40-116-41-57-25-58(31-63(30-57)101-8)43-117(42-56-24-54(39-115)27-62(29-56)100-7)80(123)49-140-46-74(110-86(127)52(5)97)92(133)114-84-76(119)21-13-19-68(106-95(84)136)88(129)111-73(45-139-48-79(116)122)91(132)107-70(90(131)112-82)33-60-36-103-67-18-12-10-16-65(60)67/h9-12,15-18,23-31,35-36,50-52,68-76,82-84,99-103,119H,13-14,19-22,32-34,37-49,97H2,1-8H3,(H2,98,126)(H,104,128)(H,105,120)(H,106,136)(H,107,132)(H,108,135)(H,109,134)(H,110,127)(H,111,129)(H,112,131)(H,113,130)(H,114,133)(H,124,125)/t52-,68-,69-,70-,71-,72-,73-,74-,75-,76+,82-,83-,84-/m0/s1. The molecule has 140 heavy (non-hydrogen) atoms. The molecule has 16 amide bonds. The predicted octanol–water partition coefficient (Wildman–Crippen LogP) is 0.505. The number of aliphatic hydroxyl groups is 1. The monoisotopic (exact) mass is 1980 g/mol. The SMILES string of the molecule is CNc1cc2cc(c1)CN1Cc3cc(cc(NC)c3)CN3Cc4cc(cc(NC)c4)CN(C2)C(=O)CSC[C@@H](C(N)=O)NC(=O)[C@@H]2CCCN2C(=O)[C@H](C(C)C)NC(=O)[C@H](Cc2c[nH]c4ccccc24)NC(=O)CNC(=O)[C@H](CC(=O)O)NC(=O)[C@H](C(C)C)NC(=O)[C@H](Cc2c[nH]c4ccccc24)NC(=O)[C@H](CSCC3=O)NC(=O)[C@@H]2CCC[C@@H](O)[C@H](NC(=O)[C@@H](NC(=O)[C@H](C)N)CSCC1=O)C(=O)N2. The lowest BCUT2D eigenvalue weighted by molar-refractivity contribution is -0.143. The number of nitrogens with zero attached hydrogens (tertiary/aromatic N) is 4. The number of anilines is 3. The Kier molecular flexibility index (Phi) is 36.8. The number of hydrogen-bond acceptors (Lipinski definition) is 25. The van der Waals surface area contributed by atoms with Gasteiger partial charge in [0.05, 0.1) is 42.4 Å². The van der Waals surface area contributed by atoms with Crippen LogP contribution in [0.2, 0.25) is 0 Å². The number of amides is 16. The number of carbonyl (C=O) groups is 17. The number of aromatic nitrogens is 2. The number of nitrogens with two attached hydrogens (primary N) is 2. The molecule has 13 atom stereocenters. The van der Waals surface area contributed by atoms with Crippen molar-refractivity contribution in [2.24, 2.45) is 23.3 Å². The molecule has 2 saturated heterocycles. The Bertz CT molecular complexity index is 5800. The minimum Gasteiger partial charge on any atom is -0.481 e. The van der Waals surface area contributed by atoms with E-state index in [9.17, 15) is 53.4 Å². The summed E-state index contributed by atoms with van der Waals surface area (Å²) >= 11 is 2.85. The van der Waals surface area contributed by atoms with Crippen molar-refractivity contribution in [3.8, 4) is 0 Å². The first kappa shape index (κ1) is 105. The van der Waals surface area contributed by atoms with Gasteiger partial charge in [-0.05, 0) is 144 Å². The maximum absolute atomic E-state index is 15.8. The summed E-state index contributed by atoms with van der Waals surface area (Å²) in [4.78, 5) is 264. The van der Waals surface area contributed by atoms with Gasteiger partial charge < -0.3 is 126 Å². The molecule has 5 aromatic carbocycles. The third-order valence-electron chi connectivity index (χ3n) is 25.0. The predicted molar refractivity (Wildman–Crippen MR) is 528 cm³/mol. The fraction of sp³-hybridized carbons (Fsp3) is 0.469. The zero-order valence-electron chi connectivity index (χ0n) is 79.2. The summed E-state index contributed by atoms with van der Waals surface area (Å²) < 4.78 is 0. The van der Waals surface area contributed by atoms with E-state index in [-0.39, 0.29) is 107 Å². The summed E-state index contributed by atoms with van der Waals surface area (Å²) in [6, 6.07) is 12.1. The highest BCUT2D eigenvalue weighted by Gasteiger charge is 2.44. The summed E-state index contributed by atoms with van der Waals surface area (Å²) in [5.74, 6) is -19.1. The summed E-state index contributed by atoms with van der Waals surface area (Å²) in [6.45, 7) is 6.29. The van der Waals surface area contributed by atoms with E-state index in [1.807, 2.05) is 54.6 Å². The molecule has 41 nitrogen and oxygen atoms in total. The molecule has 12 bridgehead atoms. The highest BCUT2D eigenvalue weighted by Crippen LogP contribution is 2.31. The molecule has 5 aliphatic heterocycles. The second-order valence-corrected chi connectivity index (χ2v) is 39.5. The van der Waals surface area contributed by atoms with Gasteiger partial charge in [0, 0.05) is 148 Å². The number of aliphatic carboxylic acids is 1. The van der Waals surface area contributed by atoms with Gasteiger partial charge in [0.25, 0.3) is 0 Å². The molecule has 0 radical (unpaired) electrons. The normalized spacial score (nSPS) is 24.1. The Morgan fingerprint density at radius 1 is 0.471 bits per heavy atom. The fourth-order valence-electron chi connectivity index (χ4n) is 17.5. The first-order chi connectivity index (χ1) is 66.9. The number of nitrogens with one attached hydrogen (secondary N) is 16. The Morgan fingerprint density at radius 2 is 0.929 bits per heavy atom. The van der Waals surface area contributed by atoms with E-state index in [0.717, 1.165) is 35.3 Å². The third-order valence-corrected chi connectivity index (χ3v) is 28.1. The van der Waals surface area contributed by atoms with E-state index < -0.39 is 215 Å². The number of aromatic amines is 2. The van der Waals surface area contributed by atoms with Gasteiger partial charge in [0.2, 0.25) is 94.5 Å². The van der Waals surface area contributed by atoms with E-state index in [4.69, 9.17) is 11.5 Å². The van der Waals surface area contributed by atoms with E-state index in [2.05, 4.69) is 84.4 Å². The summed E-state index contributed by atoms with van der Waals surface area (Å²) in [5.41, 5.74) is 19.6. The minimum absolute atomic E-state index is 0.0209. The number of rotatable bonds is 14. The topological polar surface area (TPSA) is 596 Å². The average molecular weight is 1990 g/mol. The number of benzene rings is 5. The van der Waals surface area contributed by atoms with E-state index in [0.29, 0.717) is 89.8 Å². The molecule has 2 aromatic heterocycles. The Balaban J connectivity index is 0.971. The molecular weight excluding hydrogens is 1860 g/mol. The number of para-hydroxylation sites is 2. The van der Waals surface area contributed by atoms with E-state index in [1.54, 1.807) is 111 Å². The van der Waals surface area contributed by atoms with Gasteiger partial charge in [0.15, 0.2) is 0 Å². The van der Waals surface area contributed by atoms with Crippen molar-refractivity contribution >= 4 is 175 Å². The molecular formula is C96H124N22O19S3. The number of carbonyl (C=O) groups excluding carboxylic acids is 16. The maximum Gasteiger partial charge on any atom is 0.305 e. The molecule has 5 aliphatic rings. The number of H-pyrrole nitrogens is 2. The second-order valence-electron chi connectivity index (χ2n) is 36.4. The zero-order chi connectivity index (χ0) is 101. The van der Waals surface area contributed by atoms with Crippen molar-refractivity contribution in [3.05, 3.63) is 160 Å². The van der Waals surface area contributed by atoms with Gasteiger partial charge in [-0.25, -0.2) is 0 Å². The molecule has 0 unspecified atom stereocenters. The number of carboxylic acid groups (broad SMARTS) is 1. The number of thioether (sulfide) groups is 3. The van der Waals surface area contributed by atoms with Crippen LogP contribution in [0, 0.1) is 11.8 Å². The quantitative estimate of drug-likeness (QED) is 0.0705. The molecule has 22 N–H and O–H groups in total. The molecule has 0 saturated carbocycles. The number of primary amides is 1. The van der Waals surface area contributed by atoms with Crippen molar-refractivity contribution in [1.29, 1.82) is 0 Å². The first-order valence-corrected chi connectivity index (χ1v) is 50.0. The maximum atomic E-state index is 15.8. The van der Waals surface area contributed by atoms with Crippen LogP contribution in [0.5, 0.6) is 0 Å². The highest BCUT2D eigenvalue weighted by molar-refractivity contribution is 8.00. The van der Waals surface area contributed by atoms with Crippen molar-refractivity contribution in [2.45, 2.75) is 204 Å². The number of aliphatic hydroxyl groups excluding tert-OH is 1. The minimum atomic E-state index is -1.96. The van der Waals surface area contributed by atoms with Gasteiger partial charge in [-0.15, -0.1) is 35.3 Å². The van der Waals surface area contributed by atoms with Crippen LogP contribution < -0.4 is 85.9 Å². The number of carboxylic acids is 1. The van der Waals surface area contributed by atoms with Crippen LogP contribution in [0.3, 0.4) is 0 Å². The van der Waals surface area contributed by atoms with Gasteiger partial charge in [-0.2, -0.15) is 0 Å². The lowest BCUT2D eigenvalue weighted by atomic mass is 9.97. The molecule has 0 aliphatic carbocycles. The van der Waals surface area contributed by atoms with E-state index in [1.165, 1.54) is 25.7 Å². The highest BCUT2D eigenvalue weighted by atomic mass is 32.2. The molecule has 12 rings (SSSR count). The van der Waals surface area contributed by atoms with Crippen LogP contribution >= 0.6 is 35.3 Å².